The van der Waals surface area contributed by atoms with Crippen molar-refractivity contribution in [3.8, 4) is 0 Å². The van der Waals surface area contributed by atoms with Gasteiger partial charge in [0.05, 0.1) is 18.9 Å². The predicted octanol–water partition coefficient (Wildman–Crippen LogP) is 1.47. The molecule has 6 heteroatoms. The van der Waals surface area contributed by atoms with Crippen molar-refractivity contribution in [2.75, 3.05) is 7.11 Å². The van der Waals surface area contributed by atoms with E-state index in [1.807, 2.05) is 0 Å². The molecule has 0 spiro atoms. The van der Waals surface area contributed by atoms with E-state index < -0.39 is 30.0 Å². The topological polar surface area (TPSA) is 52.3 Å². The summed E-state index contributed by atoms with van der Waals surface area (Å²) in [6, 6.07) is -0.475. The first-order chi connectivity index (χ1) is 6.86. The van der Waals surface area contributed by atoms with Gasteiger partial charge in [0, 0.05) is 6.04 Å². The summed E-state index contributed by atoms with van der Waals surface area (Å²) in [4.78, 5) is 11.2. The zero-order valence-electron chi connectivity index (χ0n) is 8.38. The van der Waals surface area contributed by atoms with Crippen molar-refractivity contribution < 1.29 is 22.7 Å². The summed E-state index contributed by atoms with van der Waals surface area (Å²) in [6.07, 6.45) is -3.98. The number of halogens is 3. The van der Waals surface area contributed by atoms with Crippen LogP contribution in [0.3, 0.4) is 0 Å². The lowest BCUT2D eigenvalue weighted by Crippen LogP contribution is -2.44. The van der Waals surface area contributed by atoms with Crippen molar-refractivity contribution in [2.24, 2.45) is 17.6 Å². The minimum absolute atomic E-state index is 0.151. The summed E-state index contributed by atoms with van der Waals surface area (Å²) in [5.74, 6) is -3.53. The summed E-state index contributed by atoms with van der Waals surface area (Å²) in [6.45, 7) is 0. The third-order valence-corrected chi connectivity index (χ3v) is 2.82. The molecule has 1 aliphatic carbocycles. The summed E-state index contributed by atoms with van der Waals surface area (Å²) >= 11 is 0. The lowest BCUT2D eigenvalue weighted by atomic mass is 9.76. The Bertz CT molecular complexity index is 242. The van der Waals surface area contributed by atoms with Crippen LogP contribution in [-0.4, -0.2) is 25.3 Å². The zero-order valence-corrected chi connectivity index (χ0v) is 8.38. The van der Waals surface area contributed by atoms with Gasteiger partial charge in [-0.2, -0.15) is 13.2 Å². The Labute approximate surface area is 85.8 Å². The number of carbonyl (C=O) groups excluding carboxylic acids is 1. The Morgan fingerprint density at radius 1 is 1.40 bits per heavy atom. The Morgan fingerprint density at radius 3 is 2.47 bits per heavy atom. The average Bonchev–Trinajstić information content (AvgIpc) is 2.15. The summed E-state index contributed by atoms with van der Waals surface area (Å²) < 4.78 is 42.2. The largest absolute Gasteiger partial charge is 0.469 e. The number of rotatable bonds is 1. The van der Waals surface area contributed by atoms with Gasteiger partial charge in [0.25, 0.3) is 0 Å². The Kier molecular flexibility index (Phi) is 3.59. The molecule has 0 aromatic heterocycles. The molecule has 1 saturated carbocycles. The van der Waals surface area contributed by atoms with E-state index in [9.17, 15) is 18.0 Å². The molecule has 0 amide bonds. The summed E-state index contributed by atoms with van der Waals surface area (Å²) in [5, 5.41) is 0. The zero-order chi connectivity index (χ0) is 11.6. The molecule has 0 radical (unpaired) electrons. The second kappa shape index (κ2) is 4.38. The molecule has 3 atom stereocenters. The molecule has 0 aromatic rings. The van der Waals surface area contributed by atoms with Crippen molar-refractivity contribution in [3.05, 3.63) is 0 Å². The number of hydrogen-bond donors (Lipinski definition) is 1. The van der Waals surface area contributed by atoms with Crippen molar-refractivity contribution >= 4 is 5.97 Å². The van der Waals surface area contributed by atoms with E-state index in [0.29, 0.717) is 6.42 Å². The first-order valence-corrected chi connectivity index (χ1v) is 4.76. The number of alkyl halides is 3. The molecule has 1 rings (SSSR count). The fourth-order valence-corrected chi connectivity index (χ4v) is 2.00. The number of methoxy groups -OCH3 is 1. The minimum Gasteiger partial charge on any atom is -0.469 e. The number of ether oxygens (including phenoxy) is 1. The molecule has 3 nitrogen and oxygen atoms in total. The van der Waals surface area contributed by atoms with E-state index in [1.165, 1.54) is 0 Å². The van der Waals surface area contributed by atoms with Crippen LogP contribution in [0.5, 0.6) is 0 Å². The Balaban J connectivity index is 2.80. The molecule has 0 heterocycles. The second-order valence-corrected chi connectivity index (χ2v) is 3.85. The molecule has 1 fully saturated rings. The highest BCUT2D eigenvalue weighted by Gasteiger charge is 2.50. The van der Waals surface area contributed by atoms with E-state index in [2.05, 4.69) is 4.74 Å². The maximum atomic E-state index is 12.6. The minimum atomic E-state index is -4.38. The molecule has 1 aliphatic rings. The third kappa shape index (κ3) is 2.84. The predicted molar refractivity (Wildman–Crippen MR) is 46.9 cm³/mol. The lowest BCUT2D eigenvalue weighted by Gasteiger charge is -2.34. The van der Waals surface area contributed by atoms with E-state index in [1.54, 1.807) is 0 Å². The molecule has 2 N–H and O–H groups in total. The fourth-order valence-electron chi connectivity index (χ4n) is 2.00. The van der Waals surface area contributed by atoms with Gasteiger partial charge in [0.15, 0.2) is 0 Å². The SMILES string of the molecule is COC(=O)C1CCC(N)CC1C(F)(F)F. The van der Waals surface area contributed by atoms with Crippen LogP contribution in [0, 0.1) is 11.8 Å². The number of hydrogen-bond acceptors (Lipinski definition) is 3. The molecule has 15 heavy (non-hydrogen) atoms. The highest BCUT2D eigenvalue weighted by Crippen LogP contribution is 2.41. The first kappa shape index (κ1) is 12.3. The van der Waals surface area contributed by atoms with Crippen molar-refractivity contribution in [3.63, 3.8) is 0 Å². The van der Waals surface area contributed by atoms with Crippen molar-refractivity contribution in [2.45, 2.75) is 31.5 Å². The van der Waals surface area contributed by atoms with Crippen LogP contribution in [0.15, 0.2) is 0 Å². The molecule has 0 aliphatic heterocycles. The molecule has 0 saturated heterocycles. The first-order valence-electron chi connectivity index (χ1n) is 4.76. The van der Waals surface area contributed by atoms with Crippen LogP contribution in [0.4, 0.5) is 13.2 Å². The van der Waals surface area contributed by atoms with Gasteiger partial charge >= 0.3 is 12.1 Å². The van der Waals surface area contributed by atoms with E-state index >= 15 is 0 Å². The van der Waals surface area contributed by atoms with Crippen LogP contribution >= 0.6 is 0 Å². The van der Waals surface area contributed by atoms with Gasteiger partial charge in [-0.05, 0) is 19.3 Å². The maximum absolute atomic E-state index is 12.6. The van der Waals surface area contributed by atoms with Gasteiger partial charge in [-0.1, -0.05) is 0 Å². The van der Waals surface area contributed by atoms with Crippen LogP contribution < -0.4 is 5.73 Å². The quantitative estimate of drug-likeness (QED) is 0.687. The van der Waals surface area contributed by atoms with Gasteiger partial charge in [-0.3, -0.25) is 4.79 Å². The Hall–Kier alpha value is -0.780. The standard InChI is InChI=1S/C9H14F3NO2/c1-15-8(14)6-3-2-5(13)4-7(6)9(10,11)12/h5-7H,2-4,13H2,1H3. The number of carbonyl (C=O) groups is 1. The van der Waals surface area contributed by atoms with E-state index in [-0.39, 0.29) is 12.8 Å². The highest BCUT2D eigenvalue weighted by atomic mass is 19.4. The smallest absolute Gasteiger partial charge is 0.392 e. The summed E-state index contributed by atoms with van der Waals surface area (Å²) in [7, 11) is 1.10. The molecular formula is C9H14F3NO2. The van der Waals surface area contributed by atoms with Gasteiger partial charge in [-0.25, -0.2) is 0 Å². The van der Waals surface area contributed by atoms with Crippen molar-refractivity contribution in [1.29, 1.82) is 0 Å². The normalized spacial score (nSPS) is 32.5. The molecule has 88 valence electrons. The molecule has 0 bridgehead atoms. The fraction of sp³-hybridized carbons (Fsp3) is 0.889. The van der Waals surface area contributed by atoms with Gasteiger partial charge in [-0.15, -0.1) is 0 Å². The number of esters is 1. The second-order valence-electron chi connectivity index (χ2n) is 3.85. The Morgan fingerprint density at radius 2 is 2.00 bits per heavy atom. The van der Waals surface area contributed by atoms with Gasteiger partial charge in [0.1, 0.15) is 0 Å². The van der Waals surface area contributed by atoms with E-state index in [0.717, 1.165) is 7.11 Å². The van der Waals surface area contributed by atoms with Gasteiger partial charge < -0.3 is 10.5 Å². The van der Waals surface area contributed by atoms with Crippen LogP contribution in [0.25, 0.3) is 0 Å². The highest BCUT2D eigenvalue weighted by molar-refractivity contribution is 5.72. The molecule has 0 aromatic carbocycles. The third-order valence-electron chi connectivity index (χ3n) is 2.82. The van der Waals surface area contributed by atoms with Gasteiger partial charge in [0.2, 0.25) is 0 Å². The van der Waals surface area contributed by atoms with Crippen LogP contribution in [0.1, 0.15) is 19.3 Å². The monoisotopic (exact) mass is 225 g/mol. The van der Waals surface area contributed by atoms with E-state index in [4.69, 9.17) is 5.73 Å². The van der Waals surface area contributed by atoms with Crippen LogP contribution in [0.2, 0.25) is 0 Å². The summed E-state index contributed by atoms with van der Waals surface area (Å²) in [5.41, 5.74) is 5.47. The number of nitrogens with two attached hydrogens (primary N) is 1. The van der Waals surface area contributed by atoms with Crippen molar-refractivity contribution in [1.82, 2.24) is 0 Å². The lowest BCUT2D eigenvalue weighted by molar-refractivity contribution is -0.205. The molecular weight excluding hydrogens is 211 g/mol. The van der Waals surface area contributed by atoms with Crippen LogP contribution in [-0.2, 0) is 9.53 Å². The maximum Gasteiger partial charge on any atom is 0.392 e. The molecule has 3 unspecified atom stereocenters. The average molecular weight is 225 g/mol.